The molecule has 0 spiro atoms. The minimum Gasteiger partial charge on any atom is -0.350 e. The van der Waals surface area contributed by atoms with E-state index in [2.05, 4.69) is 15.6 Å². The number of nitrogens with zero attached hydrogens (tertiary/aromatic N) is 1. The summed E-state index contributed by atoms with van der Waals surface area (Å²) < 4.78 is 0. The second-order valence-corrected chi connectivity index (χ2v) is 7.75. The summed E-state index contributed by atoms with van der Waals surface area (Å²) in [5, 5.41) is 8.94. The minimum absolute atomic E-state index is 0.0528. The van der Waals surface area contributed by atoms with Gasteiger partial charge in [-0.05, 0) is 49.9 Å². The molecule has 6 heteroatoms. The molecule has 1 saturated carbocycles. The molecule has 0 unspecified atom stereocenters. The number of aromatic nitrogens is 1. The first-order valence-electron chi connectivity index (χ1n) is 9.19. The summed E-state index contributed by atoms with van der Waals surface area (Å²) in [6.45, 7) is 2.02. The van der Waals surface area contributed by atoms with Crippen LogP contribution in [-0.4, -0.2) is 16.7 Å². The summed E-state index contributed by atoms with van der Waals surface area (Å²) >= 11 is 1.50. The van der Waals surface area contributed by atoms with Crippen LogP contribution in [0.15, 0.2) is 29.6 Å². The van der Waals surface area contributed by atoms with Crippen LogP contribution in [0, 0.1) is 5.92 Å². The van der Waals surface area contributed by atoms with Crippen LogP contribution in [-0.2, 0) is 11.3 Å². The third-order valence-corrected chi connectivity index (χ3v) is 5.57. The van der Waals surface area contributed by atoms with Crippen LogP contribution < -0.4 is 10.6 Å². The van der Waals surface area contributed by atoms with Crippen molar-refractivity contribution in [1.29, 1.82) is 0 Å². The highest BCUT2D eigenvalue weighted by atomic mass is 32.1. The van der Waals surface area contributed by atoms with Crippen LogP contribution in [0.3, 0.4) is 0 Å². The topological polar surface area (TPSA) is 71.1 Å². The van der Waals surface area contributed by atoms with E-state index in [0.717, 1.165) is 16.5 Å². The molecule has 0 aliphatic heterocycles. The van der Waals surface area contributed by atoms with Crippen molar-refractivity contribution in [1.82, 2.24) is 10.3 Å². The Hall–Kier alpha value is -2.21. The predicted molar refractivity (Wildman–Crippen MR) is 105 cm³/mol. The normalized spacial score (nSPS) is 14.8. The van der Waals surface area contributed by atoms with Crippen molar-refractivity contribution in [2.24, 2.45) is 5.92 Å². The van der Waals surface area contributed by atoms with Gasteiger partial charge in [0.2, 0.25) is 5.91 Å². The number of nitrogens with one attached hydrogen (secondary N) is 2. The number of carbonyl (C=O) groups excluding carboxylic acids is 2. The predicted octanol–water partition coefficient (Wildman–Crippen LogP) is 4.68. The molecule has 0 bridgehead atoms. The SMILES string of the molecule is CC(=O)c1ccc(Nc2nc(CNC(=O)CC3CCCCC3)cs2)cc1. The molecular weight excluding hydrogens is 346 g/mol. The van der Waals surface area contributed by atoms with Gasteiger partial charge in [-0.25, -0.2) is 4.98 Å². The zero-order chi connectivity index (χ0) is 18.4. The number of benzene rings is 1. The molecule has 0 saturated heterocycles. The van der Waals surface area contributed by atoms with E-state index in [4.69, 9.17) is 0 Å². The van der Waals surface area contributed by atoms with Crippen LogP contribution in [0.5, 0.6) is 0 Å². The molecule has 5 nitrogen and oxygen atoms in total. The Morgan fingerprint density at radius 3 is 2.58 bits per heavy atom. The van der Waals surface area contributed by atoms with Crippen molar-refractivity contribution in [3.63, 3.8) is 0 Å². The molecule has 1 amide bonds. The molecule has 2 aromatic rings. The molecule has 1 aromatic carbocycles. The lowest BCUT2D eigenvalue weighted by molar-refractivity contribution is -0.122. The summed E-state index contributed by atoms with van der Waals surface area (Å²) in [4.78, 5) is 27.9. The van der Waals surface area contributed by atoms with Gasteiger partial charge in [0.15, 0.2) is 10.9 Å². The molecule has 0 radical (unpaired) electrons. The number of anilines is 2. The smallest absolute Gasteiger partial charge is 0.220 e. The van der Waals surface area contributed by atoms with Gasteiger partial charge < -0.3 is 10.6 Å². The number of carbonyl (C=O) groups is 2. The molecule has 2 N–H and O–H groups in total. The number of hydrogen-bond acceptors (Lipinski definition) is 5. The average molecular weight is 372 g/mol. The van der Waals surface area contributed by atoms with Gasteiger partial charge >= 0.3 is 0 Å². The maximum atomic E-state index is 12.1. The third kappa shape index (κ3) is 5.39. The first kappa shape index (κ1) is 18.6. The monoisotopic (exact) mass is 371 g/mol. The van der Waals surface area contributed by atoms with Crippen molar-refractivity contribution >= 4 is 33.8 Å². The minimum atomic E-state index is 0.0528. The van der Waals surface area contributed by atoms with E-state index < -0.39 is 0 Å². The molecule has 1 aromatic heterocycles. The lowest BCUT2D eigenvalue weighted by Gasteiger charge is -2.20. The van der Waals surface area contributed by atoms with E-state index in [1.165, 1.54) is 43.4 Å². The Bertz CT molecular complexity index is 749. The molecule has 26 heavy (non-hydrogen) atoms. The molecule has 1 heterocycles. The molecule has 138 valence electrons. The van der Waals surface area contributed by atoms with E-state index in [9.17, 15) is 9.59 Å². The number of hydrogen-bond donors (Lipinski definition) is 2. The Morgan fingerprint density at radius 1 is 1.15 bits per heavy atom. The van der Waals surface area contributed by atoms with Crippen molar-refractivity contribution in [3.8, 4) is 0 Å². The molecule has 1 aliphatic rings. The number of rotatable bonds is 7. The number of Topliss-reactive ketones (excluding diaryl/α,β-unsaturated/α-hetero) is 1. The van der Waals surface area contributed by atoms with Gasteiger partial charge in [0.05, 0.1) is 12.2 Å². The van der Waals surface area contributed by atoms with Crippen LogP contribution in [0.25, 0.3) is 0 Å². The molecule has 0 atom stereocenters. The maximum Gasteiger partial charge on any atom is 0.220 e. The van der Waals surface area contributed by atoms with E-state index in [1.54, 1.807) is 19.1 Å². The second kappa shape index (κ2) is 8.94. The molecular formula is C20H25N3O2S. The summed E-state index contributed by atoms with van der Waals surface area (Å²) in [6, 6.07) is 7.32. The lowest BCUT2D eigenvalue weighted by Crippen LogP contribution is -2.26. The Kier molecular flexibility index (Phi) is 6.39. The fourth-order valence-corrected chi connectivity index (χ4v) is 4.00. The first-order valence-corrected chi connectivity index (χ1v) is 10.1. The van der Waals surface area contributed by atoms with Crippen LogP contribution >= 0.6 is 11.3 Å². The highest BCUT2D eigenvalue weighted by Crippen LogP contribution is 2.26. The van der Waals surface area contributed by atoms with Gasteiger partial charge in [-0.2, -0.15) is 0 Å². The lowest BCUT2D eigenvalue weighted by atomic mass is 9.87. The summed E-state index contributed by atoms with van der Waals surface area (Å²) in [5.74, 6) is 0.727. The van der Waals surface area contributed by atoms with Gasteiger partial charge in [0.25, 0.3) is 0 Å². The Morgan fingerprint density at radius 2 is 1.88 bits per heavy atom. The van der Waals surface area contributed by atoms with Gasteiger partial charge in [0.1, 0.15) is 0 Å². The average Bonchev–Trinajstić information content (AvgIpc) is 3.09. The standard InChI is InChI=1S/C20H25N3O2S/c1-14(24)16-7-9-17(10-8-16)22-20-23-18(13-26-20)12-21-19(25)11-15-5-3-2-4-6-15/h7-10,13,15H,2-6,11-12H2,1H3,(H,21,25)(H,22,23). The van der Waals surface area contributed by atoms with Crippen LogP contribution in [0.1, 0.15) is 61.5 Å². The summed E-state index contributed by atoms with van der Waals surface area (Å²) in [5.41, 5.74) is 2.43. The van der Waals surface area contributed by atoms with E-state index in [-0.39, 0.29) is 11.7 Å². The van der Waals surface area contributed by atoms with E-state index >= 15 is 0 Å². The van der Waals surface area contributed by atoms with Crippen molar-refractivity contribution in [2.75, 3.05) is 5.32 Å². The van der Waals surface area contributed by atoms with Crippen LogP contribution in [0.2, 0.25) is 0 Å². The summed E-state index contributed by atoms with van der Waals surface area (Å²) in [7, 11) is 0. The van der Waals surface area contributed by atoms with Gasteiger partial charge in [0, 0.05) is 23.1 Å². The summed E-state index contributed by atoms with van der Waals surface area (Å²) in [6.07, 6.45) is 6.82. The zero-order valence-corrected chi connectivity index (χ0v) is 15.9. The Labute approximate surface area is 158 Å². The highest BCUT2D eigenvalue weighted by Gasteiger charge is 2.17. The fourth-order valence-electron chi connectivity index (χ4n) is 3.27. The van der Waals surface area contributed by atoms with Crippen molar-refractivity contribution < 1.29 is 9.59 Å². The molecule has 1 aliphatic carbocycles. The number of thiazole rings is 1. The van der Waals surface area contributed by atoms with E-state index in [0.29, 0.717) is 24.4 Å². The van der Waals surface area contributed by atoms with Crippen molar-refractivity contribution in [2.45, 2.75) is 52.0 Å². The quantitative estimate of drug-likeness (QED) is 0.694. The Balaban J connectivity index is 1.46. The van der Waals surface area contributed by atoms with Gasteiger partial charge in [-0.1, -0.05) is 19.3 Å². The second-order valence-electron chi connectivity index (χ2n) is 6.89. The number of amides is 1. The fraction of sp³-hybridized carbons (Fsp3) is 0.450. The first-order chi connectivity index (χ1) is 12.6. The molecule has 3 rings (SSSR count). The maximum absolute atomic E-state index is 12.1. The largest absolute Gasteiger partial charge is 0.350 e. The van der Waals surface area contributed by atoms with Gasteiger partial charge in [-0.15, -0.1) is 11.3 Å². The third-order valence-electron chi connectivity index (χ3n) is 4.76. The zero-order valence-electron chi connectivity index (χ0n) is 15.1. The van der Waals surface area contributed by atoms with Gasteiger partial charge in [-0.3, -0.25) is 9.59 Å². The van der Waals surface area contributed by atoms with Crippen LogP contribution in [0.4, 0.5) is 10.8 Å². The van der Waals surface area contributed by atoms with Crippen molar-refractivity contribution in [3.05, 3.63) is 40.9 Å². The number of ketones is 1. The van der Waals surface area contributed by atoms with E-state index in [1.807, 2.05) is 17.5 Å². The molecule has 1 fully saturated rings. The highest BCUT2D eigenvalue weighted by molar-refractivity contribution is 7.13.